The number of hydrogen-bond donors (Lipinski definition) is 2. The number of carboxylic acids is 1. The molecule has 4 aromatic rings. The molecule has 12 heteroatoms. The highest BCUT2D eigenvalue weighted by molar-refractivity contribution is 9.10. The molecule has 0 bridgehead atoms. The third-order valence-corrected chi connectivity index (χ3v) is 9.28. The van der Waals surface area contributed by atoms with Crippen LogP contribution in [0.2, 0.25) is 5.02 Å². The minimum absolute atomic E-state index is 0.0555. The maximum Gasteiger partial charge on any atom is 0.326 e. The van der Waals surface area contributed by atoms with E-state index < -0.39 is 27.8 Å². The summed E-state index contributed by atoms with van der Waals surface area (Å²) < 4.78 is 29.6. The molecule has 2 amide bonds. The van der Waals surface area contributed by atoms with Gasteiger partial charge >= 0.3 is 5.97 Å². The van der Waals surface area contributed by atoms with E-state index >= 15 is 0 Å². The van der Waals surface area contributed by atoms with E-state index in [1.165, 1.54) is 18.2 Å². The molecule has 212 valence electrons. The summed E-state index contributed by atoms with van der Waals surface area (Å²) in [5.74, 6) is -2.14. The molecule has 1 aliphatic rings. The van der Waals surface area contributed by atoms with Crippen LogP contribution < -0.4 is 5.32 Å². The van der Waals surface area contributed by atoms with Gasteiger partial charge in [0, 0.05) is 41.2 Å². The van der Waals surface area contributed by atoms with E-state index in [4.69, 9.17) is 16.0 Å². The number of amides is 2. The Balaban J connectivity index is 1.35. The fourth-order valence-corrected chi connectivity index (χ4v) is 6.84. The van der Waals surface area contributed by atoms with Crippen LogP contribution >= 0.6 is 27.5 Å². The number of nitrogens with zero attached hydrogens (tertiary/aromatic N) is 1. The number of rotatable bonds is 7. The standard InChI is InChI=1S/C29H24BrClN2O7S/c1-41(38,39)20-4-2-3-16(11-20)12-23(29(36)37)32-27(34)25-22(31)13-19-15-33(9-7-21(19)26(25)30)28(35)18-6-5-17-8-10-40-24(17)14-18/h2-6,8,10-11,13-14,23H,7,9,12,15H2,1H3,(H,32,34)(H,36,37). The van der Waals surface area contributed by atoms with E-state index in [-0.39, 0.29) is 34.4 Å². The van der Waals surface area contributed by atoms with Gasteiger partial charge in [0.05, 0.1) is 21.7 Å². The van der Waals surface area contributed by atoms with E-state index in [9.17, 15) is 27.9 Å². The molecule has 0 saturated carbocycles. The predicted octanol–water partition coefficient (Wildman–Crippen LogP) is 4.88. The number of fused-ring (bicyclic) bond motifs is 2. The molecular weight excluding hydrogens is 636 g/mol. The SMILES string of the molecule is CS(=O)(=O)c1cccc(CC(NC(=O)c2c(Cl)cc3c(c2Br)CCN(C(=O)c2ccc4ccoc4c2)C3)C(=O)O)c1. The van der Waals surface area contributed by atoms with Gasteiger partial charge < -0.3 is 19.7 Å². The van der Waals surface area contributed by atoms with Crippen molar-refractivity contribution < 1.29 is 32.3 Å². The number of carbonyl (C=O) groups is 3. The lowest BCUT2D eigenvalue weighted by molar-refractivity contribution is -0.139. The molecule has 1 unspecified atom stereocenters. The number of carboxylic acid groups (broad SMARTS) is 1. The fourth-order valence-electron chi connectivity index (χ4n) is 4.87. The van der Waals surface area contributed by atoms with Crippen LogP contribution in [0.3, 0.4) is 0 Å². The lowest BCUT2D eigenvalue weighted by Gasteiger charge is -2.30. The zero-order chi connectivity index (χ0) is 29.5. The molecule has 0 aliphatic carbocycles. The summed E-state index contributed by atoms with van der Waals surface area (Å²) in [6.07, 6.45) is 2.94. The number of sulfone groups is 1. The van der Waals surface area contributed by atoms with Gasteiger partial charge in [-0.3, -0.25) is 9.59 Å². The Kier molecular flexibility index (Phi) is 7.95. The fraction of sp³-hybridized carbons (Fsp3) is 0.207. The highest BCUT2D eigenvalue weighted by atomic mass is 79.9. The predicted molar refractivity (Wildman–Crippen MR) is 156 cm³/mol. The van der Waals surface area contributed by atoms with Gasteiger partial charge in [0.1, 0.15) is 11.6 Å². The van der Waals surface area contributed by atoms with Crippen molar-refractivity contribution in [1.29, 1.82) is 0 Å². The van der Waals surface area contributed by atoms with Gasteiger partial charge in [-0.05, 0) is 75.4 Å². The van der Waals surface area contributed by atoms with Crippen molar-refractivity contribution in [2.24, 2.45) is 0 Å². The quantitative estimate of drug-likeness (QED) is 0.289. The molecule has 0 spiro atoms. The van der Waals surface area contributed by atoms with Gasteiger partial charge in [-0.2, -0.15) is 0 Å². The van der Waals surface area contributed by atoms with E-state index in [1.807, 2.05) is 12.1 Å². The second-order valence-electron chi connectivity index (χ2n) is 9.82. The number of furan rings is 1. The van der Waals surface area contributed by atoms with E-state index in [0.717, 1.165) is 22.8 Å². The van der Waals surface area contributed by atoms with Crippen LogP contribution in [0.4, 0.5) is 0 Å². The molecule has 1 aromatic heterocycles. The zero-order valence-corrected chi connectivity index (χ0v) is 24.8. The minimum atomic E-state index is -3.49. The Labute approximate surface area is 249 Å². The Bertz CT molecular complexity index is 1820. The van der Waals surface area contributed by atoms with Crippen molar-refractivity contribution in [2.75, 3.05) is 12.8 Å². The summed E-state index contributed by atoms with van der Waals surface area (Å²) in [6, 6.07) is 13.3. The second kappa shape index (κ2) is 11.3. The Morgan fingerprint density at radius 2 is 1.93 bits per heavy atom. The smallest absolute Gasteiger partial charge is 0.326 e. The monoisotopic (exact) mass is 658 g/mol. The van der Waals surface area contributed by atoms with Crippen LogP contribution in [-0.4, -0.2) is 55.1 Å². The summed E-state index contributed by atoms with van der Waals surface area (Å²) in [6.45, 7) is 0.677. The van der Waals surface area contributed by atoms with Gasteiger partial charge in [0.2, 0.25) is 0 Å². The largest absolute Gasteiger partial charge is 0.480 e. The first-order chi connectivity index (χ1) is 19.4. The number of nitrogens with one attached hydrogen (secondary N) is 1. The second-order valence-corrected chi connectivity index (χ2v) is 13.0. The lowest BCUT2D eigenvalue weighted by Crippen LogP contribution is -2.43. The topological polar surface area (TPSA) is 134 Å². The summed E-state index contributed by atoms with van der Waals surface area (Å²) >= 11 is 10.0. The van der Waals surface area contributed by atoms with Crippen molar-refractivity contribution in [3.8, 4) is 0 Å². The number of aliphatic carboxylic acids is 1. The molecule has 2 heterocycles. The maximum absolute atomic E-state index is 13.3. The van der Waals surface area contributed by atoms with Gasteiger partial charge in [0.25, 0.3) is 11.8 Å². The molecule has 1 aliphatic heterocycles. The maximum atomic E-state index is 13.3. The summed E-state index contributed by atoms with van der Waals surface area (Å²) in [7, 11) is -3.49. The molecule has 9 nitrogen and oxygen atoms in total. The Morgan fingerprint density at radius 3 is 2.66 bits per heavy atom. The molecule has 2 N–H and O–H groups in total. The van der Waals surface area contributed by atoms with Gasteiger partial charge in [-0.1, -0.05) is 29.8 Å². The van der Waals surface area contributed by atoms with Crippen molar-refractivity contribution in [2.45, 2.75) is 30.3 Å². The first-order valence-corrected chi connectivity index (χ1v) is 15.6. The number of benzene rings is 3. The highest BCUT2D eigenvalue weighted by Crippen LogP contribution is 2.35. The van der Waals surface area contributed by atoms with Crippen molar-refractivity contribution in [3.63, 3.8) is 0 Å². The van der Waals surface area contributed by atoms with Crippen molar-refractivity contribution in [3.05, 3.63) is 98.2 Å². The summed E-state index contributed by atoms with van der Waals surface area (Å²) in [5, 5.41) is 13.3. The number of carbonyl (C=O) groups excluding carboxylic acids is 2. The zero-order valence-electron chi connectivity index (χ0n) is 21.7. The van der Waals surface area contributed by atoms with Crippen LogP contribution in [0.15, 0.2) is 74.6 Å². The normalized spacial score (nSPS) is 14.0. The molecule has 3 aromatic carbocycles. The summed E-state index contributed by atoms with van der Waals surface area (Å²) in [5.41, 5.74) is 3.22. The molecule has 0 radical (unpaired) electrons. The average Bonchev–Trinajstić information content (AvgIpc) is 3.39. The van der Waals surface area contributed by atoms with E-state index in [0.29, 0.717) is 34.1 Å². The lowest BCUT2D eigenvalue weighted by atomic mass is 9.96. The number of halogens is 2. The molecular formula is C29H24BrClN2O7S. The molecule has 41 heavy (non-hydrogen) atoms. The van der Waals surface area contributed by atoms with Crippen LogP contribution in [0.1, 0.15) is 37.4 Å². The highest BCUT2D eigenvalue weighted by Gasteiger charge is 2.29. The first kappa shape index (κ1) is 28.8. The molecule has 5 rings (SSSR count). The van der Waals surface area contributed by atoms with E-state index in [2.05, 4.69) is 21.2 Å². The van der Waals surface area contributed by atoms with Crippen molar-refractivity contribution in [1.82, 2.24) is 10.2 Å². The molecule has 0 saturated heterocycles. The van der Waals surface area contributed by atoms with Crippen LogP contribution in [0, 0.1) is 0 Å². The Hall–Kier alpha value is -3.67. The third-order valence-electron chi connectivity index (χ3n) is 6.99. The minimum Gasteiger partial charge on any atom is -0.480 e. The summed E-state index contributed by atoms with van der Waals surface area (Å²) in [4.78, 5) is 40.3. The third kappa shape index (κ3) is 6.02. The molecule has 1 atom stereocenters. The number of hydrogen-bond acceptors (Lipinski definition) is 6. The first-order valence-electron chi connectivity index (χ1n) is 12.5. The van der Waals surface area contributed by atoms with Crippen molar-refractivity contribution >= 4 is 66.1 Å². The Morgan fingerprint density at radius 1 is 1.15 bits per heavy atom. The average molecular weight is 660 g/mol. The van der Waals surface area contributed by atoms with Crippen LogP contribution in [-0.2, 0) is 34.0 Å². The molecule has 0 fully saturated rings. The van der Waals surface area contributed by atoms with Gasteiger partial charge in [0.15, 0.2) is 9.84 Å². The van der Waals surface area contributed by atoms with E-state index in [1.54, 1.807) is 35.4 Å². The van der Waals surface area contributed by atoms with Gasteiger partial charge in [-0.25, -0.2) is 13.2 Å². The van der Waals surface area contributed by atoms with Crippen LogP contribution in [0.5, 0.6) is 0 Å². The van der Waals surface area contributed by atoms with Crippen LogP contribution in [0.25, 0.3) is 11.0 Å². The van der Waals surface area contributed by atoms with Gasteiger partial charge in [-0.15, -0.1) is 0 Å².